The van der Waals surface area contributed by atoms with Crippen LogP contribution >= 0.6 is 11.6 Å². The number of nitrogens with one attached hydrogen (secondary N) is 2. The first-order valence-electron chi connectivity index (χ1n) is 9.79. The number of H-pyrrole nitrogens is 2. The van der Waals surface area contributed by atoms with E-state index in [2.05, 4.69) is 38.3 Å². The van der Waals surface area contributed by atoms with Crippen LogP contribution in [0.1, 0.15) is 30.6 Å². The fraction of sp³-hybridized carbons (Fsp3) is 0.182. The number of benzene rings is 1. The third kappa shape index (κ3) is 3.07. The Balaban J connectivity index is 1.56. The molecule has 0 aliphatic carbocycles. The van der Waals surface area contributed by atoms with Crippen molar-refractivity contribution in [2.75, 3.05) is 0 Å². The Kier molecular flexibility index (Phi) is 4.59. The minimum Gasteiger partial charge on any atom is -0.344 e. The lowest BCUT2D eigenvalue weighted by atomic mass is 10.0. The minimum atomic E-state index is 0.0629. The number of rotatable bonds is 5. The van der Waals surface area contributed by atoms with Crippen LogP contribution in [0.15, 0.2) is 55.2 Å². The summed E-state index contributed by atoms with van der Waals surface area (Å²) in [4.78, 5) is 12.6. The van der Waals surface area contributed by atoms with Crippen LogP contribution in [0, 0.1) is 6.92 Å². The third-order valence-electron chi connectivity index (χ3n) is 5.37. The predicted octanol–water partition coefficient (Wildman–Crippen LogP) is 5.17. The number of hydrogen-bond acceptors (Lipinski definition) is 4. The molecule has 5 aromatic rings. The quantitative estimate of drug-likeness (QED) is 0.412. The van der Waals surface area contributed by atoms with Gasteiger partial charge in [-0.1, -0.05) is 36.7 Å². The van der Waals surface area contributed by atoms with Gasteiger partial charge in [0.05, 0.1) is 30.3 Å². The van der Waals surface area contributed by atoms with Gasteiger partial charge in [0.25, 0.3) is 0 Å². The van der Waals surface area contributed by atoms with Gasteiger partial charge in [-0.25, -0.2) is 9.97 Å². The first-order chi connectivity index (χ1) is 14.7. The first kappa shape index (κ1) is 18.6. The van der Waals surface area contributed by atoms with Gasteiger partial charge < -0.3 is 4.98 Å². The highest BCUT2D eigenvalue weighted by Gasteiger charge is 2.18. The second kappa shape index (κ2) is 7.42. The predicted molar refractivity (Wildman–Crippen MR) is 117 cm³/mol. The maximum absolute atomic E-state index is 6.44. The van der Waals surface area contributed by atoms with E-state index in [1.165, 1.54) is 0 Å². The molecular formula is C22H20ClN7. The highest BCUT2D eigenvalue weighted by atomic mass is 35.5. The maximum Gasteiger partial charge on any atom is 0.156 e. The molecule has 1 aromatic carbocycles. The van der Waals surface area contributed by atoms with Crippen molar-refractivity contribution in [2.24, 2.45) is 0 Å². The Morgan fingerprint density at radius 3 is 2.77 bits per heavy atom. The zero-order valence-corrected chi connectivity index (χ0v) is 17.4. The Labute approximate surface area is 178 Å². The molecule has 0 amide bonds. The van der Waals surface area contributed by atoms with Gasteiger partial charge in [-0.2, -0.15) is 10.2 Å². The van der Waals surface area contributed by atoms with Gasteiger partial charge >= 0.3 is 0 Å². The van der Waals surface area contributed by atoms with E-state index in [-0.39, 0.29) is 6.04 Å². The summed E-state index contributed by atoms with van der Waals surface area (Å²) in [5, 5.41) is 12.4. The van der Waals surface area contributed by atoms with Crippen LogP contribution in [0.4, 0.5) is 0 Å². The van der Waals surface area contributed by atoms with E-state index in [1.54, 1.807) is 12.4 Å². The molecule has 8 heteroatoms. The summed E-state index contributed by atoms with van der Waals surface area (Å²) < 4.78 is 1.97. The first-order valence-corrected chi connectivity index (χ1v) is 10.2. The summed E-state index contributed by atoms with van der Waals surface area (Å²) in [6, 6.07) is 7.97. The number of fused-ring (bicyclic) bond motifs is 1. The van der Waals surface area contributed by atoms with Gasteiger partial charge in [0, 0.05) is 39.8 Å². The standard InChI is InChI=1S/C22H20ClN7/c1-3-20(15-6-4-5-7-18(15)23)30-12-14(8-27-30)17-9-24-22-21(17)28-19(11-25-22)16-10-26-29-13(16)2/h4-12,20H,3H2,1-2H3,(H,24,25)(H,26,29). The van der Waals surface area contributed by atoms with Gasteiger partial charge in [-0.05, 0) is 25.0 Å². The molecular weight excluding hydrogens is 398 g/mol. The second-order valence-electron chi connectivity index (χ2n) is 7.22. The molecule has 4 aromatic heterocycles. The van der Waals surface area contributed by atoms with E-state index in [0.29, 0.717) is 0 Å². The fourth-order valence-corrected chi connectivity index (χ4v) is 4.05. The number of nitrogens with zero attached hydrogens (tertiary/aromatic N) is 5. The molecule has 150 valence electrons. The number of aromatic nitrogens is 7. The number of aryl methyl sites for hydroxylation is 1. The Bertz CT molecular complexity index is 1330. The highest BCUT2D eigenvalue weighted by Crippen LogP contribution is 2.32. The van der Waals surface area contributed by atoms with Crippen LogP contribution < -0.4 is 0 Å². The maximum atomic E-state index is 6.44. The monoisotopic (exact) mass is 417 g/mol. The molecule has 0 fully saturated rings. The van der Waals surface area contributed by atoms with E-state index < -0.39 is 0 Å². The fourth-order valence-electron chi connectivity index (χ4n) is 3.79. The van der Waals surface area contributed by atoms with Crippen molar-refractivity contribution < 1.29 is 0 Å². The topological polar surface area (TPSA) is 88.1 Å². The summed E-state index contributed by atoms with van der Waals surface area (Å²) in [7, 11) is 0. The van der Waals surface area contributed by atoms with Crippen LogP contribution in [0.25, 0.3) is 33.5 Å². The van der Waals surface area contributed by atoms with Crippen molar-refractivity contribution in [1.29, 1.82) is 0 Å². The zero-order chi connectivity index (χ0) is 20.7. The molecule has 0 aliphatic heterocycles. The molecule has 0 spiro atoms. The van der Waals surface area contributed by atoms with Crippen molar-refractivity contribution in [3.05, 3.63) is 71.5 Å². The third-order valence-corrected chi connectivity index (χ3v) is 5.71. The van der Waals surface area contributed by atoms with Crippen molar-refractivity contribution in [1.82, 2.24) is 34.9 Å². The lowest BCUT2D eigenvalue weighted by molar-refractivity contribution is 0.509. The van der Waals surface area contributed by atoms with Crippen LogP contribution in [0.2, 0.25) is 5.02 Å². The summed E-state index contributed by atoms with van der Waals surface area (Å²) in [5.74, 6) is 0. The van der Waals surface area contributed by atoms with E-state index in [1.807, 2.05) is 48.4 Å². The summed E-state index contributed by atoms with van der Waals surface area (Å²) in [6.45, 7) is 4.10. The lowest BCUT2D eigenvalue weighted by Gasteiger charge is -2.17. The molecule has 1 atom stereocenters. The van der Waals surface area contributed by atoms with Gasteiger partial charge in [-0.15, -0.1) is 0 Å². The van der Waals surface area contributed by atoms with Crippen molar-refractivity contribution in [2.45, 2.75) is 26.3 Å². The van der Waals surface area contributed by atoms with Gasteiger partial charge in [0.1, 0.15) is 5.52 Å². The lowest BCUT2D eigenvalue weighted by Crippen LogP contribution is -2.10. The Morgan fingerprint density at radius 1 is 1.13 bits per heavy atom. The molecule has 4 heterocycles. The smallest absolute Gasteiger partial charge is 0.156 e. The van der Waals surface area contributed by atoms with Crippen molar-refractivity contribution >= 4 is 22.8 Å². The molecule has 0 saturated carbocycles. The number of hydrogen-bond donors (Lipinski definition) is 2. The molecule has 0 aliphatic rings. The largest absolute Gasteiger partial charge is 0.344 e. The van der Waals surface area contributed by atoms with E-state index in [0.717, 1.165) is 56.2 Å². The van der Waals surface area contributed by atoms with Gasteiger partial charge in [0.15, 0.2) is 5.65 Å². The normalized spacial score (nSPS) is 12.5. The van der Waals surface area contributed by atoms with Crippen LogP contribution in [-0.4, -0.2) is 34.9 Å². The average Bonchev–Trinajstić information content (AvgIpc) is 3.49. The van der Waals surface area contributed by atoms with Crippen molar-refractivity contribution in [3.8, 4) is 22.4 Å². The molecule has 5 rings (SSSR count). The van der Waals surface area contributed by atoms with Crippen molar-refractivity contribution in [3.63, 3.8) is 0 Å². The summed E-state index contributed by atoms with van der Waals surface area (Å²) in [6.07, 6.45) is 10.2. The van der Waals surface area contributed by atoms with E-state index in [9.17, 15) is 0 Å². The molecule has 2 N–H and O–H groups in total. The Morgan fingerprint density at radius 2 is 2.00 bits per heavy atom. The second-order valence-corrected chi connectivity index (χ2v) is 7.63. The zero-order valence-electron chi connectivity index (χ0n) is 16.6. The highest BCUT2D eigenvalue weighted by molar-refractivity contribution is 6.31. The molecule has 1 unspecified atom stereocenters. The van der Waals surface area contributed by atoms with E-state index in [4.69, 9.17) is 16.6 Å². The van der Waals surface area contributed by atoms with E-state index >= 15 is 0 Å². The van der Waals surface area contributed by atoms with Crippen LogP contribution in [-0.2, 0) is 0 Å². The van der Waals surface area contributed by atoms with Gasteiger partial charge in [-0.3, -0.25) is 9.78 Å². The summed E-state index contributed by atoms with van der Waals surface area (Å²) in [5.41, 5.74) is 7.22. The van der Waals surface area contributed by atoms with Gasteiger partial charge in [0.2, 0.25) is 0 Å². The van der Waals surface area contributed by atoms with Crippen LogP contribution in [0.5, 0.6) is 0 Å². The molecule has 7 nitrogen and oxygen atoms in total. The molecule has 0 saturated heterocycles. The summed E-state index contributed by atoms with van der Waals surface area (Å²) >= 11 is 6.44. The molecule has 0 bridgehead atoms. The number of aromatic amines is 2. The van der Waals surface area contributed by atoms with Crippen LogP contribution in [0.3, 0.4) is 0 Å². The minimum absolute atomic E-state index is 0.0629. The Hall–Kier alpha value is -3.45. The molecule has 0 radical (unpaired) electrons. The average molecular weight is 418 g/mol. The SMILES string of the molecule is CCC(c1ccccc1Cl)n1cc(-c2c[nH]c3ncc(-c4cn[nH]c4C)nc23)cn1. The molecule has 30 heavy (non-hydrogen) atoms. The number of halogens is 1.